The SMILES string of the molecule is Cc1nc2ccc(C(=O)Nc3ccc(CNC(=O)CNC(=O)OC(C)(C)C)cc3)cc2nc1C. The van der Waals surface area contributed by atoms with Crippen molar-refractivity contribution in [3.63, 3.8) is 0 Å². The van der Waals surface area contributed by atoms with Gasteiger partial charge < -0.3 is 20.7 Å². The van der Waals surface area contributed by atoms with Gasteiger partial charge >= 0.3 is 6.09 Å². The molecule has 9 heteroatoms. The average Bonchev–Trinajstić information content (AvgIpc) is 2.76. The summed E-state index contributed by atoms with van der Waals surface area (Å²) in [5.74, 6) is -0.593. The summed E-state index contributed by atoms with van der Waals surface area (Å²) in [4.78, 5) is 45.2. The highest BCUT2D eigenvalue weighted by atomic mass is 16.6. The molecule has 0 atom stereocenters. The first-order chi connectivity index (χ1) is 16.0. The molecule has 34 heavy (non-hydrogen) atoms. The van der Waals surface area contributed by atoms with Crippen molar-refractivity contribution >= 4 is 34.6 Å². The number of ether oxygens (including phenoxy) is 1. The lowest BCUT2D eigenvalue weighted by Gasteiger charge is -2.19. The van der Waals surface area contributed by atoms with Crippen molar-refractivity contribution in [3.05, 3.63) is 65.0 Å². The Balaban J connectivity index is 1.51. The van der Waals surface area contributed by atoms with Crippen LogP contribution >= 0.6 is 0 Å². The van der Waals surface area contributed by atoms with Gasteiger partial charge in [0.25, 0.3) is 5.91 Å². The van der Waals surface area contributed by atoms with E-state index in [1.165, 1.54) is 0 Å². The number of rotatable bonds is 6. The zero-order chi connectivity index (χ0) is 24.9. The minimum absolute atomic E-state index is 0.182. The van der Waals surface area contributed by atoms with Crippen LogP contribution in [0, 0.1) is 13.8 Å². The summed E-state index contributed by atoms with van der Waals surface area (Å²) < 4.78 is 5.09. The molecular formula is C25H29N5O4. The van der Waals surface area contributed by atoms with Crippen LogP contribution in [0.4, 0.5) is 10.5 Å². The second-order valence-corrected chi connectivity index (χ2v) is 8.88. The Bertz CT molecular complexity index is 1220. The lowest BCUT2D eigenvalue weighted by Crippen LogP contribution is -2.39. The van der Waals surface area contributed by atoms with E-state index in [1.54, 1.807) is 63.2 Å². The molecule has 0 saturated heterocycles. The van der Waals surface area contributed by atoms with Crippen LogP contribution in [0.15, 0.2) is 42.5 Å². The molecule has 0 aliphatic carbocycles. The summed E-state index contributed by atoms with van der Waals surface area (Å²) in [5.41, 5.74) is 4.43. The fourth-order valence-corrected chi connectivity index (χ4v) is 3.01. The lowest BCUT2D eigenvalue weighted by atomic mass is 10.1. The maximum Gasteiger partial charge on any atom is 0.408 e. The fraction of sp³-hybridized carbons (Fsp3) is 0.320. The highest BCUT2D eigenvalue weighted by molar-refractivity contribution is 6.05. The smallest absolute Gasteiger partial charge is 0.408 e. The number of nitrogens with zero attached hydrogens (tertiary/aromatic N) is 2. The standard InChI is InChI=1S/C25H29N5O4/c1-15-16(2)29-21-12-18(8-11-20(21)28-15)23(32)30-19-9-6-17(7-10-19)13-26-22(31)14-27-24(33)34-25(3,4)5/h6-12H,13-14H2,1-5H3,(H,26,31)(H,27,33)(H,30,32). The van der Waals surface area contributed by atoms with E-state index in [1.807, 2.05) is 13.8 Å². The van der Waals surface area contributed by atoms with Gasteiger partial charge in [0.05, 0.1) is 22.4 Å². The second-order valence-electron chi connectivity index (χ2n) is 8.88. The topological polar surface area (TPSA) is 122 Å². The summed E-state index contributed by atoms with van der Waals surface area (Å²) >= 11 is 0. The lowest BCUT2D eigenvalue weighted by molar-refractivity contribution is -0.120. The largest absolute Gasteiger partial charge is 0.444 e. The third-order valence-corrected chi connectivity index (χ3v) is 4.83. The molecule has 178 valence electrons. The van der Waals surface area contributed by atoms with E-state index in [0.717, 1.165) is 22.5 Å². The number of amides is 3. The first-order valence-electron chi connectivity index (χ1n) is 10.9. The number of hydrogen-bond acceptors (Lipinski definition) is 6. The Labute approximate surface area is 198 Å². The van der Waals surface area contributed by atoms with Gasteiger partial charge in [-0.15, -0.1) is 0 Å². The molecule has 0 radical (unpaired) electrons. The van der Waals surface area contributed by atoms with Gasteiger partial charge in [0.2, 0.25) is 5.91 Å². The molecule has 0 spiro atoms. The number of benzene rings is 2. The molecule has 9 nitrogen and oxygen atoms in total. The van der Waals surface area contributed by atoms with Crippen molar-refractivity contribution in [2.75, 3.05) is 11.9 Å². The molecule has 0 bridgehead atoms. The first-order valence-corrected chi connectivity index (χ1v) is 10.9. The number of anilines is 1. The van der Waals surface area contributed by atoms with Crippen LogP contribution in [0.25, 0.3) is 11.0 Å². The number of fused-ring (bicyclic) bond motifs is 1. The van der Waals surface area contributed by atoms with E-state index < -0.39 is 11.7 Å². The van der Waals surface area contributed by atoms with E-state index >= 15 is 0 Å². The summed E-state index contributed by atoms with van der Waals surface area (Å²) in [6.45, 7) is 9.13. The van der Waals surface area contributed by atoms with Crippen molar-refractivity contribution in [1.29, 1.82) is 0 Å². The van der Waals surface area contributed by atoms with E-state index in [-0.39, 0.29) is 24.9 Å². The molecule has 2 aromatic carbocycles. The van der Waals surface area contributed by atoms with Crippen LogP contribution in [0.2, 0.25) is 0 Å². The van der Waals surface area contributed by atoms with Gasteiger partial charge in [0.15, 0.2) is 0 Å². The molecule has 0 aliphatic rings. The fourth-order valence-electron chi connectivity index (χ4n) is 3.01. The number of nitrogens with one attached hydrogen (secondary N) is 3. The van der Waals surface area contributed by atoms with E-state index in [4.69, 9.17) is 4.74 Å². The first kappa shape index (κ1) is 24.6. The quantitative estimate of drug-likeness (QED) is 0.513. The Morgan fingerprint density at radius 3 is 2.18 bits per heavy atom. The minimum Gasteiger partial charge on any atom is -0.444 e. The van der Waals surface area contributed by atoms with Crippen LogP contribution in [-0.2, 0) is 16.1 Å². The van der Waals surface area contributed by atoms with Gasteiger partial charge in [-0.25, -0.2) is 14.8 Å². The average molecular weight is 464 g/mol. The Morgan fingerprint density at radius 1 is 0.882 bits per heavy atom. The molecule has 3 aromatic rings. The van der Waals surface area contributed by atoms with Gasteiger partial charge in [-0.1, -0.05) is 12.1 Å². The Morgan fingerprint density at radius 2 is 1.53 bits per heavy atom. The number of carbonyl (C=O) groups excluding carboxylic acids is 3. The molecule has 3 N–H and O–H groups in total. The van der Waals surface area contributed by atoms with Crippen LogP contribution in [0.5, 0.6) is 0 Å². The number of aromatic nitrogens is 2. The number of hydrogen-bond donors (Lipinski definition) is 3. The van der Waals surface area contributed by atoms with E-state index in [2.05, 4.69) is 25.9 Å². The normalized spacial score (nSPS) is 11.1. The van der Waals surface area contributed by atoms with Crippen LogP contribution in [-0.4, -0.2) is 40.0 Å². The Hall–Kier alpha value is -4.01. The molecule has 0 aliphatic heterocycles. The van der Waals surface area contributed by atoms with E-state index in [0.29, 0.717) is 16.8 Å². The molecule has 0 saturated carbocycles. The third kappa shape index (κ3) is 6.99. The summed E-state index contributed by atoms with van der Waals surface area (Å²) in [6.07, 6.45) is -0.647. The van der Waals surface area contributed by atoms with Crippen LogP contribution in [0.1, 0.15) is 48.1 Å². The van der Waals surface area contributed by atoms with Crippen molar-refractivity contribution in [3.8, 4) is 0 Å². The van der Waals surface area contributed by atoms with Gasteiger partial charge in [-0.2, -0.15) is 0 Å². The number of carbonyl (C=O) groups is 3. The molecule has 0 unspecified atom stereocenters. The Kier molecular flexibility index (Phi) is 7.45. The maximum atomic E-state index is 12.7. The number of alkyl carbamates (subject to hydrolysis) is 1. The van der Waals surface area contributed by atoms with Gasteiger partial charge in [0, 0.05) is 17.8 Å². The van der Waals surface area contributed by atoms with Gasteiger partial charge in [-0.3, -0.25) is 9.59 Å². The van der Waals surface area contributed by atoms with Gasteiger partial charge in [-0.05, 0) is 70.5 Å². The molecule has 0 fully saturated rings. The van der Waals surface area contributed by atoms with Crippen LogP contribution in [0.3, 0.4) is 0 Å². The monoisotopic (exact) mass is 463 g/mol. The van der Waals surface area contributed by atoms with Crippen molar-refractivity contribution in [2.45, 2.75) is 46.8 Å². The van der Waals surface area contributed by atoms with Crippen molar-refractivity contribution < 1.29 is 19.1 Å². The van der Waals surface area contributed by atoms with Crippen LogP contribution < -0.4 is 16.0 Å². The van der Waals surface area contributed by atoms with Crippen molar-refractivity contribution in [1.82, 2.24) is 20.6 Å². The summed E-state index contributed by atoms with van der Waals surface area (Å²) in [6, 6.07) is 12.3. The third-order valence-electron chi connectivity index (χ3n) is 4.83. The maximum absolute atomic E-state index is 12.7. The summed E-state index contributed by atoms with van der Waals surface area (Å²) in [7, 11) is 0. The van der Waals surface area contributed by atoms with Crippen molar-refractivity contribution in [2.24, 2.45) is 0 Å². The highest BCUT2D eigenvalue weighted by Gasteiger charge is 2.16. The molecule has 3 amide bonds. The second kappa shape index (κ2) is 10.3. The predicted molar refractivity (Wildman–Crippen MR) is 129 cm³/mol. The summed E-state index contributed by atoms with van der Waals surface area (Å²) in [5, 5.41) is 7.98. The molecule has 3 rings (SSSR count). The molecular weight excluding hydrogens is 434 g/mol. The zero-order valence-corrected chi connectivity index (χ0v) is 20.0. The van der Waals surface area contributed by atoms with Gasteiger partial charge in [0.1, 0.15) is 12.1 Å². The molecule has 1 aromatic heterocycles. The number of aryl methyl sites for hydroxylation is 2. The zero-order valence-electron chi connectivity index (χ0n) is 20.0. The predicted octanol–water partition coefficient (Wildman–Crippen LogP) is 3.64. The molecule has 1 heterocycles. The minimum atomic E-state index is -0.647. The van der Waals surface area contributed by atoms with E-state index in [9.17, 15) is 14.4 Å². The highest BCUT2D eigenvalue weighted by Crippen LogP contribution is 2.16.